The smallest absolute Gasteiger partial charge is 0.227 e. The van der Waals surface area contributed by atoms with Crippen LogP contribution in [0, 0.1) is 0 Å². The van der Waals surface area contributed by atoms with Crippen molar-refractivity contribution in [1.82, 2.24) is 4.90 Å². The van der Waals surface area contributed by atoms with E-state index in [1.165, 1.54) is 11.1 Å². The number of carbonyl (C=O) groups excluding carboxylic acids is 1. The lowest BCUT2D eigenvalue weighted by atomic mass is 10.1. The minimum Gasteiger partial charge on any atom is -0.494 e. The largest absolute Gasteiger partial charge is 0.494 e. The molecule has 0 bridgehead atoms. The maximum atomic E-state index is 12.6. The molecule has 3 rings (SSSR count). The highest BCUT2D eigenvalue weighted by Gasteiger charge is 2.28. The summed E-state index contributed by atoms with van der Waals surface area (Å²) in [7, 11) is 1.92. The molecule has 1 aliphatic rings. The molecule has 2 aromatic carbocycles. The SMILES string of the molecule is CCOc1ccc(CC(=O)N(C)C2CCc3ccccc32)cc1. The Bertz CT molecular complexity index is 678. The normalized spacial score (nSPS) is 16.0. The van der Waals surface area contributed by atoms with Crippen molar-refractivity contribution in [2.75, 3.05) is 13.7 Å². The van der Waals surface area contributed by atoms with Crippen LogP contribution >= 0.6 is 0 Å². The molecule has 1 atom stereocenters. The summed E-state index contributed by atoms with van der Waals surface area (Å²) >= 11 is 0. The number of benzene rings is 2. The molecule has 0 aromatic heterocycles. The van der Waals surface area contributed by atoms with E-state index in [-0.39, 0.29) is 11.9 Å². The van der Waals surface area contributed by atoms with Gasteiger partial charge in [-0.25, -0.2) is 0 Å². The highest BCUT2D eigenvalue weighted by molar-refractivity contribution is 5.79. The van der Waals surface area contributed by atoms with Gasteiger partial charge < -0.3 is 9.64 Å². The van der Waals surface area contributed by atoms with Crippen molar-refractivity contribution in [2.24, 2.45) is 0 Å². The Balaban J connectivity index is 1.66. The second-order valence-electron chi connectivity index (χ2n) is 6.01. The summed E-state index contributed by atoms with van der Waals surface area (Å²) in [6.45, 7) is 2.62. The Morgan fingerprint density at radius 3 is 2.65 bits per heavy atom. The average molecular weight is 309 g/mol. The number of fused-ring (bicyclic) bond motifs is 1. The van der Waals surface area contributed by atoms with Crippen LogP contribution in [0.2, 0.25) is 0 Å². The molecule has 2 aromatic rings. The predicted octanol–water partition coefficient (Wildman–Crippen LogP) is 3.77. The molecule has 0 spiro atoms. The summed E-state index contributed by atoms with van der Waals surface area (Å²) < 4.78 is 5.44. The zero-order valence-electron chi connectivity index (χ0n) is 13.8. The van der Waals surface area contributed by atoms with E-state index in [9.17, 15) is 4.79 Å². The van der Waals surface area contributed by atoms with Crippen LogP contribution < -0.4 is 4.74 Å². The molecule has 0 aliphatic heterocycles. The van der Waals surface area contributed by atoms with Gasteiger partial charge in [0, 0.05) is 7.05 Å². The number of likely N-dealkylation sites (N-methyl/N-ethyl adjacent to an activating group) is 1. The lowest BCUT2D eigenvalue weighted by molar-refractivity contribution is -0.131. The van der Waals surface area contributed by atoms with Crippen molar-refractivity contribution in [2.45, 2.75) is 32.2 Å². The fourth-order valence-electron chi connectivity index (χ4n) is 3.28. The molecule has 0 saturated carbocycles. The van der Waals surface area contributed by atoms with E-state index >= 15 is 0 Å². The lowest BCUT2D eigenvalue weighted by Crippen LogP contribution is -2.31. The maximum Gasteiger partial charge on any atom is 0.227 e. The van der Waals surface area contributed by atoms with Gasteiger partial charge in [-0.2, -0.15) is 0 Å². The number of carbonyl (C=O) groups is 1. The minimum atomic E-state index is 0.163. The van der Waals surface area contributed by atoms with Crippen molar-refractivity contribution in [3.05, 3.63) is 65.2 Å². The first kappa shape index (κ1) is 15.6. The van der Waals surface area contributed by atoms with E-state index in [1.807, 2.05) is 43.1 Å². The van der Waals surface area contributed by atoms with Gasteiger partial charge in [0.15, 0.2) is 0 Å². The van der Waals surface area contributed by atoms with Crippen molar-refractivity contribution < 1.29 is 9.53 Å². The minimum absolute atomic E-state index is 0.163. The molecular formula is C20H23NO2. The highest BCUT2D eigenvalue weighted by atomic mass is 16.5. The van der Waals surface area contributed by atoms with Gasteiger partial charge >= 0.3 is 0 Å². The third-order valence-electron chi connectivity index (χ3n) is 4.55. The second-order valence-corrected chi connectivity index (χ2v) is 6.01. The second kappa shape index (κ2) is 6.86. The number of amides is 1. The number of aryl methyl sites for hydroxylation is 1. The van der Waals surface area contributed by atoms with Crippen LogP contribution in [-0.4, -0.2) is 24.5 Å². The molecular weight excluding hydrogens is 286 g/mol. The fourth-order valence-corrected chi connectivity index (χ4v) is 3.28. The molecule has 0 fully saturated rings. The first-order valence-corrected chi connectivity index (χ1v) is 8.24. The third kappa shape index (κ3) is 3.39. The van der Waals surface area contributed by atoms with Crippen molar-refractivity contribution in [3.63, 3.8) is 0 Å². The summed E-state index contributed by atoms with van der Waals surface area (Å²) in [5.74, 6) is 1.01. The number of nitrogens with zero attached hydrogens (tertiary/aromatic N) is 1. The molecule has 0 saturated heterocycles. The van der Waals surface area contributed by atoms with Gasteiger partial charge in [-0.1, -0.05) is 36.4 Å². The molecule has 0 N–H and O–H groups in total. The molecule has 3 nitrogen and oxygen atoms in total. The van der Waals surface area contributed by atoms with Crippen LogP contribution in [0.4, 0.5) is 0 Å². The van der Waals surface area contributed by atoms with Crippen LogP contribution in [0.25, 0.3) is 0 Å². The first-order valence-electron chi connectivity index (χ1n) is 8.24. The summed E-state index contributed by atoms with van der Waals surface area (Å²) in [5, 5.41) is 0. The van der Waals surface area contributed by atoms with Gasteiger partial charge in [0.1, 0.15) is 5.75 Å². The van der Waals surface area contributed by atoms with Crippen LogP contribution in [0.5, 0.6) is 5.75 Å². The van der Waals surface area contributed by atoms with E-state index in [0.29, 0.717) is 13.0 Å². The Labute approximate surface area is 137 Å². The number of rotatable bonds is 5. The Hall–Kier alpha value is -2.29. The van der Waals surface area contributed by atoms with Gasteiger partial charge in [-0.05, 0) is 48.6 Å². The Morgan fingerprint density at radius 2 is 1.91 bits per heavy atom. The van der Waals surface area contributed by atoms with Crippen LogP contribution in [0.15, 0.2) is 48.5 Å². The molecule has 3 heteroatoms. The molecule has 23 heavy (non-hydrogen) atoms. The quantitative estimate of drug-likeness (QED) is 0.841. The number of hydrogen-bond donors (Lipinski definition) is 0. The third-order valence-corrected chi connectivity index (χ3v) is 4.55. The van der Waals surface area contributed by atoms with Crippen molar-refractivity contribution >= 4 is 5.91 Å². The first-order chi connectivity index (χ1) is 11.2. The van der Waals surface area contributed by atoms with Gasteiger partial charge in [-0.15, -0.1) is 0 Å². The molecule has 0 heterocycles. The standard InChI is InChI=1S/C20H23NO2/c1-3-23-17-11-8-15(9-12-17)14-20(22)21(2)19-13-10-16-6-4-5-7-18(16)19/h4-9,11-12,19H,3,10,13-14H2,1-2H3. The highest BCUT2D eigenvalue weighted by Crippen LogP contribution is 2.35. The van der Waals surface area contributed by atoms with E-state index in [0.717, 1.165) is 24.2 Å². The average Bonchev–Trinajstić information content (AvgIpc) is 3.00. The fraction of sp³-hybridized carbons (Fsp3) is 0.350. The molecule has 1 aliphatic carbocycles. The van der Waals surface area contributed by atoms with Gasteiger partial charge in [0.2, 0.25) is 5.91 Å². The molecule has 1 unspecified atom stereocenters. The Morgan fingerprint density at radius 1 is 1.17 bits per heavy atom. The van der Waals surface area contributed by atoms with Crippen molar-refractivity contribution in [3.8, 4) is 5.75 Å². The molecule has 0 radical (unpaired) electrons. The van der Waals surface area contributed by atoms with E-state index in [2.05, 4.69) is 24.3 Å². The monoisotopic (exact) mass is 309 g/mol. The summed E-state index contributed by atoms with van der Waals surface area (Å²) in [5.41, 5.74) is 3.70. The summed E-state index contributed by atoms with van der Waals surface area (Å²) in [6.07, 6.45) is 2.51. The van der Waals surface area contributed by atoms with Gasteiger partial charge in [-0.3, -0.25) is 4.79 Å². The topological polar surface area (TPSA) is 29.5 Å². The van der Waals surface area contributed by atoms with E-state index < -0.39 is 0 Å². The zero-order chi connectivity index (χ0) is 16.2. The zero-order valence-corrected chi connectivity index (χ0v) is 13.8. The van der Waals surface area contributed by atoms with Crippen LogP contribution in [0.1, 0.15) is 36.1 Å². The lowest BCUT2D eigenvalue weighted by Gasteiger charge is -2.25. The van der Waals surface area contributed by atoms with Crippen molar-refractivity contribution in [1.29, 1.82) is 0 Å². The number of hydrogen-bond acceptors (Lipinski definition) is 2. The van der Waals surface area contributed by atoms with Gasteiger partial charge in [0.25, 0.3) is 0 Å². The predicted molar refractivity (Wildman–Crippen MR) is 91.6 cm³/mol. The van der Waals surface area contributed by atoms with Crippen LogP contribution in [0.3, 0.4) is 0 Å². The summed E-state index contributed by atoms with van der Waals surface area (Å²) in [6, 6.07) is 16.5. The van der Waals surface area contributed by atoms with Crippen LogP contribution in [-0.2, 0) is 17.6 Å². The van der Waals surface area contributed by atoms with E-state index in [4.69, 9.17) is 4.74 Å². The Kier molecular flexibility index (Phi) is 4.65. The maximum absolute atomic E-state index is 12.6. The number of ether oxygens (including phenoxy) is 1. The molecule has 120 valence electrons. The van der Waals surface area contributed by atoms with Gasteiger partial charge in [0.05, 0.1) is 19.1 Å². The molecule has 1 amide bonds. The van der Waals surface area contributed by atoms with E-state index in [1.54, 1.807) is 0 Å². The summed E-state index contributed by atoms with van der Waals surface area (Å²) in [4.78, 5) is 14.5.